The first-order valence-corrected chi connectivity index (χ1v) is 7.40. The summed E-state index contributed by atoms with van der Waals surface area (Å²) in [5.41, 5.74) is 7.17. The highest BCUT2D eigenvalue weighted by Gasteiger charge is 2.20. The molecule has 1 saturated heterocycles. The topological polar surface area (TPSA) is 38.5 Å². The van der Waals surface area contributed by atoms with E-state index in [0.29, 0.717) is 6.04 Å². The van der Waals surface area contributed by atoms with Crippen molar-refractivity contribution >= 4 is 0 Å². The van der Waals surface area contributed by atoms with Gasteiger partial charge >= 0.3 is 0 Å². The highest BCUT2D eigenvalue weighted by Crippen LogP contribution is 2.19. The average Bonchev–Trinajstić information content (AvgIpc) is 2.48. The molecule has 2 rings (SSSR count). The molecule has 1 aliphatic heterocycles. The molecule has 106 valence electrons. The van der Waals surface area contributed by atoms with Crippen molar-refractivity contribution in [2.75, 3.05) is 26.7 Å². The van der Waals surface area contributed by atoms with E-state index in [1.54, 1.807) is 7.11 Å². The SMILES string of the molecule is COc1ccc(CC(CCN)N2CCCCC2)cc1. The highest BCUT2D eigenvalue weighted by atomic mass is 16.5. The van der Waals surface area contributed by atoms with E-state index < -0.39 is 0 Å². The van der Waals surface area contributed by atoms with Gasteiger partial charge in [0.1, 0.15) is 5.75 Å². The summed E-state index contributed by atoms with van der Waals surface area (Å²) in [6.45, 7) is 3.25. The van der Waals surface area contributed by atoms with Crippen LogP contribution >= 0.6 is 0 Å². The van der Waals surface area contributed by atoms with Gasteiger partial charge in [-0.2, -0.15) is 0 Å². The predicted octanol–water partition coefficient (Wildman–Crippen LogP) is 2.44. The molecular formula is C16H26N2O. The van der Waals surface area contributed by atoms with E-state index in [0.717, 1.165) is 25.1 Å². The number of piperidine rings is 1. The molecule has 1 fully saturated rings. The van der Waals surface area contributed by atoms with Crippen LogP contribution in [-0.2, 0) is 6.42 Å². The fourth-order valence-corrected chi connectivity index (χ4v) is 2.92. The Hall–Kier alpha value is -1.06. The van der Waals surface area contributed by atoms with Crippen molar-refractivity contribution in [2.45, 2.75) is 38.1 Å². The van der Waals surface area contributed by atoms with Crippen molar-refractivity contribution < 1.29 is 4.74 Å². The number of likely N-dealkylation sites (tertiary alicyclic amines) is 1. The minimum absolute atomic E-state index is 0.596. The van der Waals surface area contributed by atoms with Crippen molar-refractivity contribution in [2.24, 2.45) is 5.73 Å². The number of rotatable bonds is 6. The Kier molecular flexibility index (Phi) is 5.67. The summed E-state index contributed by atoms with van der Waals surface area (Å²) in [6, 6.07) is 9.04. The first-order chi connectivity index (χ1) is 9.33. The molecule has 3 heteroatoms. The molecule has 0 amide bonds. The van der Waals surface area contributed by atoms with Gasteiger partial charge in [-0.1, -0.05) is 18.6 Å². The van der Waals surface area contributed by atoms with Gasteiger partial charge in [0, 0.05) is 6.04 Å². The molecule has 0 radical (unpaired) electrons. The van der Waals surface area contributed by atoms with E-state index in [9.17, 15) is 0 Å². The minimum Gasteiger partial charge on any atom is -0.497 e. The lowest BCUT2D eigenvalue weighted by molar-refractivity contribution is 0.156. The van der Waals surface area contributed by atoms with E-state index >= 15 is 0 Å². The molecule has 0 aromatic heterocycles. The lowest BCUT2D eigenvalue weighted by atomic mass is 9.99. The van der Waals surface area contributed by atoms with Crippen molar-refractivity contribution in [3.05, 3.63) is 29.8 Å². The molecule has 0 saturated carbocycles. The molecule has 1 atom stereocenters. The molecule has 3 nitrogen and oxygen atoms in total. The number of nitrogens with zero attached hydrogens (tertiary/aromatic N) is 1. The Morgan fingerprint density at radius 3 is 2.42 bits per heavy atom. The van der Waals surface area contributed by atoms with Crippen LogP contribution in [-0.4, -0.2) is 37.7 Å². The zero-order valence-corrected chi connectivity index (χ0v) is 12.0. The fraction of sp³-hybridized carbons (Fsp3) is 0.625. The molecule has 2 N–H and O–H groups in total. The number of hydrogen-bond donors (Lipinski definition) is 1. The molecular weight excluding hydrogens is 236 g/mol. The largest absolute Gasteiger partial charge is 0.497 e. The van der Waals surface area contributed by atoms with E-state index in [2.05, 4.69) is 17.0 Å². The van der Waals surface area contributed by atoms with Crippen molar-refractivity contribution in [1.82, 2.24) is 4.90 Å². The number of hydrogen-bond acceptors (Lipinski definition) is 3. The summed E-state index contributed by atoms with van der Waals surface area (Å²) in [4.78, 5) is 2.63. The Morgan fingerprint density at radius 2 is 1.84 bits per heavy atom. The van der Waals surface area contributed by atoms with Gasteiger partial charge in [0.2, 0.25) is 0 Å². The Morgan fingerprint density at radius 1 is 1.16 bits per heavy atom. The van der Waals surface area contributed by atoms with Crippen molar-refractivity contribution in [3.8, 4) is 5.75 Å². The number of methoxy groups -OCH3 is 1. The van der Waals surface area contributed by atoms with Crippen LogP contribution in [0.3, 0.4) is 0 Å². The molecule has 0 spiro atoms. The van der Waals surface area contributed by atoms with E-state index in [1.165, 1.54) is 37.9 Å². The van der Waals surface area contributed by atoms with E-state index in [4.69, 9.17) is 10.5 Å². The third-order valence-electron chi connectivity index (χ3n) is 4.04. The normalized spacial score (nSPS) is 18.2. The van der Waals surface area contributed by atoms with Crippen molar-refractivity contribution in [1.29, 1.82) is 0 Å². The van der Waals surface area contributed by atoms with Crippen LogP contribution in [0.25, 0.3) is 0 Å². The summed E-state index contributed by atoms with van der Waals surface area (Å²) in [7, 11) is 1.71. The van der Waals surface area contributed by atoms with Crippen LogP contribution in [0.4, 0.5) is 0 Å². The number of nitrogens with two attached hydrogens (primary N) is 1. The lowest BCUT2D eigenvalue weighted by Gasteiger charge is -2.34. The number of ether oxygens (including phenoxy) is 1. The van der Waals surface area contributed by atoms with Gasteiger partial charge in [0.05, 0.1) is 7.11 Å². The monoisotopic (exact) mass is 262 g/mol. The van der Waals surface area contributed by atoms with Gasteiger partial charge in [-0.25, -0.2) is 0 Å². The summed E-state index contributed by atoms with van der Waals surface area (Å²) in [5.74, 6) is 0.928. The van der Waals surface area contributed by atoms with Gasteiger partial charge in [-0.05, 0) is 63.0 Å². The smallest absolute Gasteiger partial charge is 0.118 e. The van der Waals surface area contributed by atoms with E-state index in [-0.39, 0.29) is 0 Å². The molecule has 19 heavy (non-hydrogen) atoms. The maximum atomic E-state index is 5.79. The summed E-state index contributed by atoms with van der Waals surface area (Å²) in [6.07, 6.45) is 6.25. The summed E-state index contributed by atoms with van der Waals surface area (Å²) < 4.78 is 5.21. The molecule has 0 aliphatic carbocycles. The molecule has 1 aliphatic rings. The van der Waals surface area contributed by atoms with Gasteiger partial charge in [0.15, 0.2) is 0 Å². The van der Waals surface area contributed by atoms with Crippen LogP contribution in [0.5, 0.6) is 5.75 Å². The average molecular weight is 262 g/mol. The third-order valence-corrected chi connectivity index (χ3v) is 4.04. The molecule has 0 bridgehead atoms. The number of benzene rings is 1. The van der Waals surface area contributed by atoms with Crippen LogP contribution in [0.15, 0.2) is 24.3 Å². The molecule has 1 aromatic rings. The maximum Gasteiger partial charge on any atom is 0.118 e. The molecule has 1 aromatic carbocycles. The Bertz CT molecular complexity index is 358. The maximum absolute atomic E-state index is 5.79. The zero-order chi connectivity index (χ0) is 13.5. The van der Waals surface area contributed by atoms with E-state index in [1.807, 2.05) is 12.1 Å². The second kappa shape index (κ2) is 7.51. The second-order valence-electron chi connectivity index (χ2n) is 5.38. The first kappa shape index (κ1) is 14.4. The van der Waals surface area contributed by atoms with Crippen LogP contribution in [0.2, 0.25) is 0 Å². The summed E-state index contributed by atoms with van der Waals surface area (Å²) in [5, 5.41) is 0. The minimum atomic E-state index is 0.596. The second-order valence-corrected chi connectivity index (χ2v) is 5.38. The van der Waals surface area contributed by atoms with Crippen LogP contribution in [0.1, 0.15) is 31.2 Å². The highest BCUT2D eigenvalue weighted by molar-refractivity contribution is 5.27. The standard InChI is InChI=1S/C16H26N2O/c1-19-16-7-5-14(6-8-16)13-15(9-10-17)18-11-3-2-4-12-18/h5-8,15H,2-4,9-13,17H2,1H3. The molecule has 1 heterocycles. The third kappa shape index (κ3) is 4.22. The Balaban J connectivity index is 1.97. The van der Waals surface area contributed by atoms with Gasteiger partial charge in [-0.15, -0.1) is 0 Å². The quantitative estimate of drug-likeness (QED) is 0.856. The zero-order valence-electron chi connectivity index (χ0n) is 12.0. The van der Waals surface area contributed by atoms with Gasteiger partial charge in [0.25, 0.3) is 0 Å². The van der Waals surface area contributed by atoms with Crippen molar-refractivity contribution in [3.63, 3.8) is 0 Å². The molecule has 1 unspecified atom stereocenters. The van der Waals surface area contributed by atoms with Crippen LogP contribution < -0.4 is 10.5 Å². The lowest BCUT2D eigenvalue weighted by Crippen LogP contribution is -2.41. The van der Waals surface area contributed by atoms with Gasteiger partial charge in [-0.3, -0.25) is 0 Å². The van der Waals surface area contributed by atoms with Gasteiger partial charge < -0.3 is 15.4 Å². The first-order valence-electron chi connectivity index (χ1n) is 7.40. The Labute approximate surface area is 116 Å². The fourth-order valence-electron chi connectivity index (χ4n) is 2.92. The summed E-state index contributed by atoms with van der Waals surface area (Å²) >= 11 is 0. The van der Waals surface area contributed by atoms with Crippen LogP contribution in [0, 0.1) is 0 Å². The predicted molar refractivity (Wildman–Crippen MR) is 79.6 cm³/mol.